The summed E-state index contributed by atoms with van der Waals surface area (Å²) in [5.74, 6) is 1.04. The Morgan fingerprint density at radius 2 is 1.88 bits per heavy atom. The summed E-state index contributed by atoms with van der Waals surface area (Å²) < 4.78 is 0.618. The normalized spacial score (nSPS) is 25.3. The zero-order valence-corrected chi connectivity index (χ0v) is 11.6. The van der Waals surface area contributed by atoms with E-state index in [4.69, 9.17) is 0 Å². The first-order valence-electron chi connectivity index (χ1n) is 7.10. The molecule has 16 heavy (non-hydrogen) atoms. The lowest BCUT2D eigenvalue weighted by molar-refractivity contribution is 0.314. The van der Waals surface area contributed by atoms with Crippen molar-refractivity contribution in [2.45, 2.75) is 62.5 Å². The van der Waals surface area contributed by atoms with Crippen molar-refractivity contribution < 1.29 is 0 Å². The molecule has 2 aliphatic rings. The SMILES string of the molecule is CSC1(CNCCC2CCCCC2)CCC1. The molecule has 0 aliphatic heterocycles. The third kappa shape index (κ3) is 3.40. The van der Waals surface area contributed by atoms with Gasteiger partial charge >= 0.3 is 0 Å². The van der Waals surface area contributed by atoms with Crippen LogP contribution in [0.25, 0.3) is 0 Å². The fourth-order valence-electron chi connectivity index (χ4n) is 3.12. The lowest BCUT2D eigenvalue weighted by Gasteiger charge is -2.40. The zero-order chi connectivity index (χ0) is 11.3. The van der Waals surface area contributed by atoms with Crippen LogP contribution in [0.3, 0.4) is 0 Å². The summed E-state index contributed by atoms with van der Waals surface area (Å²) in [7, 11) is 0. The van der Waals surface area contributed by atoms with Crippen LogP contribution in [0.4, 0.5) is 0 Å². The summed E-state index contributed by atoms with van der Waals surface area (Å²) in [4.78, 5) is 0. The van der Waals surface area contributed by atoms with Crippen LogP contribution in [0.15, 0.2) is 0 Å². The van der Waals surface area contributed by atoms with Gasteiger partial charge in [0, 0.05) is 11.3 Å². The molecular weight excluding hydrogens is 214 g/mol. The highest BCUT2D eigenvalue weighted by Crippen LogP contribution is 2.42. The predicted molar refractivity (Wildman–Crippen MR) is 74.2 cm³/mol. The van der Waals surface area contributed by atoms with Crippen LogP contribution in [0.5, 0.6) is 0 Å². The number of nitrogens with one attached hydrogen (secondary N) is 1. The Labute approximate surface area is 105 Å². The summed E-state index contributed by atoms with van der Waals surface area (Å²) in [6.07, 6.45) is 15.5. The van der Waals surface area contributed by atoms with Gasteiger partial charge in [-0.1, -0.05) is 38.5 Å². The third-order valence-electron chi connectivity index (χ3n) is 4.60. The molecule has 2 fully saturated rings. The maximum absolute atomic E-state index is 3.71. The first kappa shape index (κ1) is 12.8. The standard InChI is InChI=1S/C14H27NS/c1-16-14(9-5-10-14)12-15-11-8-13-6-3-2-4-7-13/h13,15H,2-12H2,1H3. The van der Waals surface area contributed by atoms with E-state index in [0.717, 1.165) is 5.92 Å². The molecule has 2 aliphatic carbocycles. The van der Waals surface area contributed by atoms with Gasteiger partial charge in [-0.25, -0.2) is 0 Å². The summed E-state index contributed by atoms with van der Waals surface area (Å²) in [6.45, 7) is 2.51. The molecule has 2 rings (SSSR count). The molecule has 1 nitrogen and oxygen atoms in total. The molecule has 0 saturated heterocycles. The Morgan fingerprint density at radius 3 is 2.44 bits per heavy atom. The molecule has 94 valence electrons. The van der Waals surface area contributed by atoms with Crippen LogP contribution in [0.1, 0.15) is 57.8 Å². The quantitative estimate of drug-likeness (QED) is 0.709. The van der Waals surface area contributed by atoms with Crippen LogP contribution in [-0.4, -0.2) is 24.1 Å². The van der Waals surface area contributed by atoms with Crippen LogP contribution in [0.2, 0.25) is 0 Å². The van der Waals surface area contributed by atoms with Crippen molar-refractivity contribution in [2.75, 3.05) is 19.3 Å². The van der Waals surface area contributed by atoms with Crippen LogP contribution in [-0.2, 0) is 0 Å². The molecule has 0 aromatic carbocycles. The largest absolute Gasteiger partial charge is 0.315 e. The summed E-state index contributed by atoms with van der Waals surface area (Å²) >= 11 is 2.08. The number of thioether (sulfide) groups is 1. The molecule has 0 spiro atoms. The Balaban J connectivity index is 1.54. The minimum Gasteiger partial charge on any atom is -0.315 e. The fourth-order valence-corrected chi connectivity index (χ4v) is 4.07. The van der Waals surface area contributed by atoms with Crippen LogP contribution >= 0.6 is 11.8 Å². The Hall–Kier alpha value is 0.310. The van der Waals surface area contributed by atoms with Crippen molar-refractivity contribution >= 4 is 11.8 Å². The first-order chi connectivity index (χ1) is 7.85. The Morgan fingerprint density at radius 1 is 1.12 bits per heavy atom. The topological polar surface area (TPSA) is 12.0 Å². The van der Waals surface area contributed by atoms with Crippen LogP contribution < -0.4 is 5.32 Å². The molecule has 0 unspecified atom stereocenters. The molecule has 0 aromatic heterocycles. The molecule has 0 atom stereocenters. The highest BCUT2D eigenvalue weighted by atomic mass is 32.2. The summed E-state index contributed by atoms with van der Waals surface area (Å²) in [5.41, 5.74) is 0. The van der Waals surface area contributed by atoms with Gasteiger partial charge in [0.1, 0.15) is 0 Å². The average Bonchev–Trinajstić information content (AvgIpc) is 2.29. The lowest BCUT2D eigenvalue weighted by atomic mass is 9.84. The van der Waals surface area contributed by atoms with E-state index in [2.05, 4.69) is 23.3 Å². The maximum atomic E-state index is 3.71. The lowest BCUT2D eigenvalue weighted by Crippen LogP contribution is -2.43. The molecule has 2 saturated carbocycles. The molecule has 0 heterocycles. The van der Waals surface area contributed by atoms with Gasteiger partial charge in [-0.3, -0.25) is 0 Å². The fraction of sp³-hybridized carbons (Fsp3) is 1.00. The van der Waals surface area contributed by atoms with Crippen molar-refractivity contribution in [3.05, 3.63) is 0 Å². The molecule has 0 aromatic rings. The highest BCUT2D eigenvalue weighted by Gasteiger charge is 2.35. The zero-order valence-electron chi connectivity index (χ0n) is 10.8. The number of hydrogen-bond donors (Lipinski definition) is 1. The molecule has 0 radical (unpaired) electrons. The van der Waals surface area contributed by atoms with E-state index in [1.165, 1.54) is 70.9 Å². The average molecular weight is 241 g/mol. The molecule has 1 N–H and O–H groups in total. The van der Waals surface area contributed by atoms with E-state index in [0.29, 0.717) is 4.75 Å². The van der Waals surface area contributed by atoms with Gasteiger partial charge in [0.2, 0.25) is 0 Å². The highest BCUT2D eigenvalue weighted by molar-refractivity contribution is 8.00. The van der Waals surface area contributed by atoms with Gasteiger partial charge in [-0.2, -0.15) is 11.8 Å². The van der Waals surface area contributed by atoms with Crippen molar-refractivity contribution in [3.63, 3.8) is 0 Å². The number of hydrogen-bond acceptors (Lipinski definition) is 2. The van der Waals surface area contributed by atoms with Gasteiger partial charge in [-0.05, 0) is 38.0 Å². The van der Waals surface area contributed by atoms with E-state index >= 15 is 0 Å². The first-order valence-corrected chi connectivity index (χ1v) is 8.33. The van der Waals surface area contributed by atoms with Gasteiger partial charge < -0.3 is 5.32 Å². The van der Waals surface area contributed by atoms with Gasteiger partial charge in [0.05, 0.1) is 0 Å². The van der Waals surface area contributed by atoms with Crippen molar-refractivity contribution in [3.8, 4) is 0 Å². The molecule has 0 amide bonds. The monoisotopic (exact) mass is 241 g/mol. The Kier molecular flexibility index (Phi) is 5.02. The molecular formula is C14H27NS. The van der Waals surface area contributed by atoms with Crippen molar-refractivity contribution in [2.24, 2.45) is 5.92 Å². The Bertz CT molecular complexity index is 189. The van der Waals surface area contributed by atoms with Crippen molar-refractivity contribution in [1.29, 1.82) is 0 Å². The van der Waals surface area contributed by atoms with Crippen molar-refractivity contribution in [1.82, 2.24) is 5.32 Å². The van der Waals surface area contributed by atoms with Gasteiger partial charge in [-0.15, -0.1) is 0 Å². The minimum absolute atomic E-state index is 0.618. The van der Waals surface area contributed by atoms with Crippen LogP contribution in [0, 0.1) is 5.92 Å². The van der Waals surface area contributed by atoms with Gasteiger partial charge in [0.15, 0.2) is 0 Å². The second-order valence-electron chi connectivity index (χ2n) is 5.71. The molecule has 2 heteroatoms. The van der Waals surface area contributed by atoms with Gasteiger partial charge in [0.25, 0.3) is 0 Å². The number of rotatable bonds is 6. The van der Waals surface area contributed by atoms with E-state index in [1.54, 1.807) is 0 Å². The third-order valence-corrected chi connectivity index (χ3v) is 6.02. The second-order valence-corrected chi connectivity index (χ2v) is 6.98. The predicted octanol–water partition coefficient (Wildman–Crippen LogP) is 3.83. The smallest absolute Gasteiger partial charge is 0.0281 e. The minimum atomic E-state index is 0.618. The molecule has 0 bridgehead atoms. The summed E-state index contributed by atoms with van der Waals surface area (Å²) in [6, 6.07) is 0. The van der Waals surface area contributed by atoms with E-state index in [-0.39, 0.29) is 0 Å². The summed E-state index contributed by atoms with van der Waals surface area (Å²) in [5, 5.41) is 3.71. The second kappa shape index (κ2) is 6.30. The van der Waals surface area contributed by atoms with E-state index in [9.17, 15) is 0 Å². The maximum Gasteiger partial charge on any atom is 0.0281 e. The van der Waals surface area contributed by atoms with E-state index < -0.39 is 0 Å². The van der Waals surface area contributed by atoms with E-state index in [1.807, 2.05) is 0 Å².